The second kappa shape index (κ2) is 7.70. The van der Waals surface area contributed by atoms with Gasteiger partial charge >= 0.3 is 12.0 Å². The Morgan fingerprint density at radius 1 is 1.33 bits per heavy atom. The molecular formula is C17H28N2O5. The van der Waals surface area contributed by atoms with E-state index in [9.17, 15) is 14.7 Å². The second-order valence-corrected chi connectivity index (χ2v) is 7.23. The van der Waals surface area contributed by atoms with Gasteiger partial charge in [0.25, 0.3) is 0 Å². The van der Waals surface area contributed by atoms with E-state index < -0.39 is 11.4 Å². The number of hydrogen-bond acceptors (Lipinski definition) is 4. The zero-order valence-electron chi connectivity index (χ0n) is 14.2. The van der Waals surface area contributed by atoms with Gasteiger partial charge in [0.15, 0.2) is 0 Å². The van der Waals surface area contributed by atoms with Gasteiger partial charge in [-0.1, -0.05) is 6.42 Å². The molecular weight excluding hydrogens is 312 g/mol. The minimum Gasteiger partial charge on any atom is -0.481 e. The van der Waals surface area contributed by atoms with E-state index in [2.05, 4.69) is 5.32 Å². The monoisotopic (exact) mass is 340 g/mol. The average Bonchev–Trinajstić information content (AvgIpc) is 3.25. The molecule has 136 valence electrons. The molecule has 0 radical (unpaired) electrons. The first-order valence-electron chi connectivity index (χ1n) is 9.07. The number of ether oxygens (including phenoxy) is 2. The maximum atomic E-state index is 12.2. The van der Waals surface area contributed by atoms with Gasteiger partial charge in [-0.25, -0.2) is 4.79 Å². The lowest BCUT2D eigenvalue weighted by molar-refractivity contribution is -0.149. The zero-order chi connectivity index (χ0) is 17.0. The number of carboxylic acid groups (broad SMARTS) is 1. The Labute approximate surface area is 142 Å². The zero-order valence-corrected chi connectivity index (χ0v) is 14.2. The quantitative estimate of drug-likeness (QED) is 0.685. The number of aliphatic carboxylic acids is 1. The molecule has 7 heteroatoms. The molecule has 1 aliphatic carbocycles. The summed E-state index contributed by atoms with van der Waals surface area (Å²) in [7, 11) is 0. The third-order valence-corrected chi connectivity index (χ3v) is 5.65. The number of urea groups is 1. The van der Waals surface area contributed by atoms with E-state index in [1.165, 1.54) is 0 Å². The molecule has 0 spiro atoms. The smallest absolute Gasteiger partial charge is 0.317 e. The van der Waals surface area contributed by atoms with Crippen molar-refractivity contribution in [1.29, 1.82) is 0 Å². The van der Waals surface area contributed by atoms with Crippen LogP contribution in [0.3, 0.4) is 0 Å². The summed E-state index contributed by atoms with van der Waals surface area (Å²) in [5.74, 6) is -0.640. The molecule has 2 aliphatic heterocycles. The van der Waals surface area contributed by atoms with Crippen LogP contribution in [-0.2, 0) is 14.3 Å². The molecule has 2 saturated heterocycles. The van der Waals surface area contributed by atoms with Crippen LogP contribution in [0.1, 0.15) is 38.5 Å². The van der Waals surface area contributed by atoms with Crippen LogP contribution in [0, 0.1) is 11.3 Å². The maximum absolute atomic E-state index is 12.2. The lowest BCUT2D eigenvalue weighted by Gasteiger charge is -2.23. The number of likely N-dealkylation sites (tertiary alicyclic amines) is 1. The Bertz CT molecular complexity index is 466. The van der Waals surface area contributed by atoms with Crippen LogP contribution >= 0.6 is 0 Å². The molecule has 2 amide bonds. The third kappa shape index (κ3) is 3.67. The molecule has 0 aromatic heterocycles. The van der Waals surface area contributed by atoms with Gasteiger partial charge < -0.3 is 24.8 Å². The summed E-state index contributed by atoms with van der Waals surface area (Å²) < 4.78 is 11.0. The fourth-order valence-electron chi connectivity index (χ4n) is 4.27. The summed E-state index contributed by atoms with van der Waals surface area (Å²) in [5, 5.41) is 12.4. The van der Waals surface area contributed by atoms with Crippen molar-refractivity contribution >= 4 is 12.0 Å². The van der Waals surface area contributed by atoms with Gasteiger partial charge in [0.05, 0.1) is 18.1 Å². The number of fused-ring (bicyclic) bond motifs is 1. The van der Waals surface area contributed by atoms with Crippen LogP contribution in [-0.4, -0.2) is 67.6 Å². The van der Waals surface area contributed by atoms with E-state index in [1.807, 2.05) is 0 Å². The van der Waals surface area contributed by atoms with Crippen molar-refractivity contribution < 1.29 is 24.2 Å². The fourth-order valence-corrected chi connectivity index (χ4v) is 4.27. The van der Waals surface area contributed by atoms with Crippen LogP contribution < -0.4 is 5.32 Å². The topological polar surface area (TPSA) is 88.1 Å². The Morgan fingerprint density at radius 3 is 2.92 bits per heavy atom. The van der Waals surface area contributed by atoms with Crippen LogP contribution in [0.15, 0.2) is 0 Å². The van der Waals surface area contributed by atoms with Gasteiger partial charge in [-0.15, -0.1) is 0 Å². The van der Waals surface area contributed by atoms with Crippen molar-refractivity contribution in [2.24, 2.45) is 11.3 Å². The number of nitrogens with zero attached hydrogens (tertiary/aromatic N) is 1. The van der Waals surface area contributed by atoms with Gasteiger partial charge in [-0.2, -0.15) is 0 Å². The molecule has 3 rings (SSSR count). The van der Waals surface area contributed by atoms with Crippen molar-refractivity contribution in [3.8, 4) is 0 Å². The van der Waals surface area contributed by atoms with Crippen LogP contribution in [0.5, 0.6) is 0 Å². The summed E-state index contributed by atoms with van der Waals surface area (Å²) in [6, 6.07) is -0.149. The average molecular weight is 340 g/mol. The number of carbonyl (C=O) groups is 2. The highest BCUT2D eigenvalue weighted by Crippen LogP contribution is 2.48. The normalized spacial score (nSPS) is 32.1. The molecule has 3 aliphatic rings. The number of nitrogens with one attached hydrogen (secondary N) is 1. The highest BCUT2D eigenvalue weighted by Gasteiger charge is 2.55. The first-order valence-corrected chi connectivity index (χ1v) is 9.07. The van der Waals surface area contributed by atoms with Gasteiger partial charge in [-0.05, 0) is 38.0 Å². The van der Waals surface area contributed by atoms with Gasteiger partial charge in [0.1, 0.15) is 0 Å². The molecule has 0 bridgehead atoms. The first kappa shape index (κ1) is 17.5. The van der Waals surface area contributed by atoms with E-state index >= 15 is 0 Å². The van der Waals surface area contributed by atoms with E-state index in [0.29, 0.717) is 39.3 Å². The lowest BCUT2D eigenvalue weighted by atomic mass is 9.81. The largest absolute Gasteiger partial charge is 0.481 e. The summed E-state index contributed by atoms with van der Waals surface area (Å²) in [6.07, 6.45) is 5.71. The third-order valence-electron chi connectivity index (χ3n) is 5.65. The first-order chi connectivity index (χ1) is 11.6. The van der Waals surface area contributed by atoms with Crippen LogP contribution in [0.4, 0.5) is 4.79 Å². The highest BCUT2D eigenvalue weighted by molar-refractivity contribution is 5.80. The summed E-state index contributed by atoms with van der Waals surface area (Å²) in [6.45, 7) is 3.51. The minimum absolute atomic E-state index is 0.107. The Morgan fingerprint density at radius 2 is 2.21 bits per heavy atom. The number of rotatable bonds is 7. The van der Waals surface area contributed by atoms with Gasteiger partial charge in [0, 0.05) is 32.8 Å². The molecule has 7 nitrogen and oxygen atoms in total. The molecule has 0 aromatic carbocycles. The number of carbonyl (C=O) groups excluding carboxylic acids is 1. The van der Waals surface area contributed by atoms with Crippen LogP contribution in [0.2, 0.25) is 0 Å². The van der Waals surface area contributed by atoms with Crippen molar-refractivity contribution in [3.05, 3.63) is 0 Å². The number of hydrogen-bond donors (Lipinski definition) is 2. The standard InChI is InChI=1S/C17H28N2O5/c20-15(21)17-6-1-4-13(17)10-19(12-17)16(22)18-7-3-8-23-11-14-5-2-9-24-14/h13-14H,1-12H2,(H,18,22)(H,20,21)/t13-,14?,17+/m0/s1. The van der Waals surface area contributed by atoms with E-state index in [4.69, 9.17) is 9.47 Å². The molecule has 2 heterocycles. The van der Waals surface area contributed by atoms with E-state index in [0.717, 1.165) is 38.7 Å². The van der Waals surface area contributed by atoms with Crippen molar-refractivity contribution in [2.45, 2.75) is 44.6 Å². The summed E-state index contributed by atoms with van der Waals surface area (Å²) in [5.41, 5.74) is -0.707. The predicted molar refractivity (Wildman–Crippen MR) is 86.8 cm³/mol. The molecule has 1 saturated carbocycles. The van der Waals surface area contributed by atoms with Crippen molar-refractivity contribution in [3.63, 3.8) is 0 Å². The number of amides is 2. The summed E-state index contributed by atoms with van der Waals surface area (Å²) >= 11 is 0. The Balaban J connectivity index is 1.32. The van der Waals surface area contributed by atoms with Crippen molar-refractivity contribution in [2.75, 3.05) is 39.5 Å². The van der Waals surface area contributed by atoms with Gasteiger partial charge in [-0.3, -0.25) is 4.79 Å². The van der Waals surface area contributed by atoms with E-state index in [1.54, 1.807) is 4.90 Å². The van der Waals surface area contributed by atoms with E-state index in [-0.39, 0.29) is 18.1 Å². The molecule has 24 heavy (non-hydrogen) atoms. The molecule has 3 fully saturated rings. The second-order valence-electron chi connectivity index (χ2n) is 7.23. The fraction of sp³-hybridized carbons (Fsp3) is 0.882. The van der Waals surface area contributed by atoms with Crippen molar-refractivity contribution in [1.82, 2.24) is 10.2 Å². The Kier molecular flexibility index (Phi) is 5.61. The van der Waals surface area contributed by atoms with Gasteiger partial charge in [0.2, 0.25) is 0 Å². The van der Waals surface area contributed by atoms with Crippen LogP contribution in [0.25, 0.3) is 0 Å². The minimum atomic E-state index is -0.747. The summed E-state index contributed by atoms with van der Waals surface area (Å²) in [4.78, 5) is 25.5. The molecule has 2 N–H and O–H groups in total. The SMILES string of the molecule is O=C(NCCCOCC1CCCO1)N1C[C@@H]2CCC[C@@]2(C(=O)O)C1. The lowest BCUT2D eigenvalue weighted by Crippen LogP contribution is -2.42. The Hall–Kier alpha value is -1.34. The predicted octanol–water partition coefficient (Wildman–Crippen LogP) is 1.47. The maximum Gasteiger partial charge on any atom is 0.317 e. The molecule has 3 atom stereocenters. The molecule has 0 aromatic rings. The molecule has 1 unspecified atom stereocenters. The number of carboxylic acids is 1. The highest BCUT2D eigenvalue weighted by atomic mass is 16.5.